The van der Waals surface area contributed by atoms with Gasteiger partial charge in [-0.2, -0.15) is 13.2 Å². The molecule has 0 radical (unpaired) electrons. The summed E-state index contributed by atoms with van der Waals surface area (Å²) in [5.74, 6) is 1.43. The predicted octanol–water partition coefficient (Wildman–Crippen LogP) is 2.24. The Labute approximate surface area is 115 Å². The summed E-state index contributed by atoms with van der Waals surface area (Å²) in [5.41, 5.74) is -0.458. The Kier molecular flexibility index (Phi) is 3.27. The van der Waals surface area contributed by atoms with Gasteiger partial charge in [0, 0.05) is 5.41 Å². The summed E-state index contributed by atoms with van der Waals surface area (Å²) in [6, 6.07) is 0. The fraction of sp³-hybridized carbons (Fsp3) is 0.929. The Hall–Kier alpha value is -0.780. The molecule has 4 bridgehead atoms. The van der Waals surface area contributed by atoms with Crippen LogP contribution in [0.15, 0.2) is 0 Å². The van der Waals surface area contributed by atoms with Crippen molar-refractivity contribution in [3.05, 3.63) is 0 Å². The standard InChI is InChI=1S/C14H20F3NO2/c15-14(16,17)11(19)7-18-12(20)13-4-8-1-9(5-13)3-10(2-8)6-13/h8-11,19H,1-7H2,(H,18,20). The highest BCUT2D eigenvalue weighted by atomic mass is 19.4. The SMILES string of the molecule is O=C(NCC(O)C(F)(F)F)C12CC3CC(CC(C3)C1)C2. The van der Waals surface area contributed by atoms with Crippen LogP contribution in [0.2, 0.25) is 0 Å². The van der Waals surface area contributed by atoms with Crippen molar-refractivity contribution in [3.63, 3.8) is 0 Å². The Morgan fingerprint density at radius 1 is 1.15 bits per heavy atom. The number of amides is 1. The first-order chi connectivity index (χ1) is 9.28. The van der Waals surface area contributed by atoms with E-state index in [4.69, 9.17) is 5.11 Å². The van der Waals surface area contributed by atoms with Gasteiger partial charge in [0.2, 0.25) is 5.91 Å². The topological polar surface area (TPSA) is 49.3 Å². The number of hydrogen-bond acceptors (Lipinski definition) is 2. The molecule has 2 N–H and O–H groups in total. The average molecular weight is 291 g/mol. The van der Waals surface area contributed by atoms with Crippen LogP contribution in [0, 0.1) is 23.2 Å². The van der Waals surface area contributed by atoms with Gasteiger partial charge in [0.05, 0.1) is 6.54 Å². The average Bonchev–Trinajstić information content (AvgIpc) is 2.32. The molecule has 1 atom stereocenters. The summed E-state index contributed by atoms with van der Waals surface area (Å²) in [7, 11) is 0. The molecule has 4 fully saturated rings. The molecule has 4 aliphatic carbocycles. The van der Waals surface area contributed by atoms with Crippen molar-refractivity contribution in [2.45, 2.75) is 50.8 Å². The summed E-state index contributed by atoms with van der Waals surface area (Å²) in [6.45, 7) is -0.732. The zero-order valence-electron chi connectivity index (χ0n) is 11.2. The van der Waals surface area contributed by atoms with Gasteiger partial charge in [-0.05, 0) is 56.3 Å². The van der Waals surface area contributed by atoms with Crippen molar-refractivity contribution < 1.29 is 23.1 Å². The van der Waals surface area contributed by atoms with Crippen molar-refractivity contribution in [3.8, 4) is 0 Å². The maximum atomic E-state index is 12.3. The van der Waals surface area contributed by atoms with E-state index in [2.05, 4.69) is 5.32 Å². The Bertz CT molecular complexity index is 372. The van der Waals surface area contributed by atoms with E-state index >= 15 is 0 Å². The maximum absolute atomic E-state index is 12.3. The van der Waals surface area contributed by atoms with Crippen LogP contribution in [0.5, 0.6) is 0 Å². The van der Waals surface area contributed by atoms with Gasteiger partial charge in [-0.25, -0.2) is 0 Å². The first kappa shape index (κ1) is 14.2. The molecule has 3 nitrogen and oxygen atoms in total. The highest BCUT2D eigenvalue weighted by Gasteiger charge is 2.54. The molecule has 0 aromatic carbocycles. The lowest BCUT2D eigenvalue weighted by Gasteiger charge is -2.55. The van der Waals surface area contributed by atoms with Crippen LogP contribution >= 0.6 is 0 Å². The van der Waals surface area contributed by atoms with Crippen molar-refractivity contribution in [1.82, 2.24) is 5.32 Å². The van der Waals surface area contributed by atoms with Crippen LogP contribution < -0.4 is 5.32 Å². The monoisotopic (exact) mass is 291 g/mol. The smallest absolute Gasteiger partial charge is 0.382 e. The number of carbonyl (C=O) groups is 1. The first-order valence-electron chi connectivity index (χ1n) is 7.31. The molecule has 20 heavy (non-hydrogen) atoms. The van der Waals surface area contributed by atoms with Gasteiger partial charge in [-0.15, -0.1) is 0 Å². The summed E-state index contributed by atoms with van der Waals surface area (Å²) >= 11 is 0. The van der Waals surface area contributed by atoms with Crippen molar-refractivity contribution in [2.24, 2.45) is 23.2 Å². The van der Waals surface area contributed by atoms with Gasteiger partial charge in [-0.3, -0.25) is 4.79 Å². The molecule has 4 saturated carbocycles. The predicted molar refractivity (Wildman–Crippen MR) is 65.7 cm³/mol. The lowest BCUT2D eigenvalue weighted by atomic mass is 9.49. The molecule has 0 heterocycles. The normalized spacial score (nSPS) is 40.7. The molecule has 0 saturated heterocycles. The first-order valence-corrected chi connectivity index (χ1v) is 7.31. The van der Waals surface area contributed by atoms with Crippen molar-refractivity contribution >= 4 is 5.91 Å². The van der Waals surface area contributed by atoms with Gasteiger partial charge >= 0.3 is 6.18 Å². The molecule has 0 aromatic heterocycles. The third kappa shape index (κ3) is 2.43. The Morgan fingerprint density at radius 2 is 1.60 bits per heavy atom. The third-order valence-corrected chi connectivity index (χ3v) is 5.35. The van der Waals surface area contributed by atoms with E-state index in [0.717, 1.165) is 19.3 Å². The van der Waals surface area contributed by atoms with Crippen LogP contribution in [-0.2, 0) is 4.79 Å². The van der Waals surface area contributed by atoms with E-state index in [-0.39, 0.29) is 5.91 Å². The number of carbonyl (C=O) groups excluding carboxylic acids is 1. The van der Waals surface area contributed by atoms with E-state index in [9.17, 15) is 18.0 Å². The fourth-order valence-corrected chi connectivity index (χ4v) is 4.88. The molecule has 4 rings (SSSR count). The summed E-state index contributed by atoms with van der Waals surface area (Å²) in [6.07, 6.45) is -1.17. The van der Waals surface area contributed by atoms with Crippen LogP contribution in [-0.4, -0.2) is 29.8 Å². The summed E-state index contributed by atoms with van der Waals surface area (Å²) < 4.78 is 36.8. The molecule has 1 amide bonds. The molecule has 6 heteroatoms. The lowest BCUT2D eigenvalue weighted by Crippen LogP contribution is -2.55. The maximum Gasteiger partial charge on any atom is 0.416 e. The Balaban J connectivity index is 1.63. The molecule has 1 unspecified atom stereocenters. The van der Waals surface area contributed by atoms with Crippen LogP contribution in [0.4, 0.5) is 13.2 Å². The summed E-state index contributed by atoms with van der Waals surface area (Å²) in [4.78, 5) is 12.3. The molecule has 0 aromatic rings. The highest BCUT2D eigenvalue weighted by Crippen LogP contribution is 2.60. The zero-order chi connectivity index (χ0) is 14.5. The van der Waals surface area contributed by atoms with E-state index in [1.54, 1.807) is 0 Å². The van der Waals surface area contributed by atoms with E-state index < -0.39 is 24.2 Å². The van der Waals surface area contributed by atoms with E-state index in [1.807, 2.05) is 0 Å². The molecule has 114 valence electrons. The number of hydrogen-bond donors (Lipinski definition) is 2. The second kappa shape index (κ2) is 4.61. The number of aliphatic hydroxyl groups excluding tert-OH is 1. The fourth-order valence-electron chi connectivity index (χ4n) is 4.88. The van der Waals surface area contributed by atoms with Gasteiger partial charge < -0.3 is 10.4 Å². The largest absolute Gasteiger partial charge is 0.416 e. The molecule has 4 aliphatic rings. The van der Waals surface area contributed by atoms with Crippen LogP contribution in [0.25, 0.3) is 0 Å². The van der Waals surface area contributed by atoms with Crippen LogP contribution in [0.1, 0.15) is 38.5 Å². The second-order valence-corrected chi connectivity index (χ2v) is 6.97. The minimum atomic E-state index is -4.67. The number of halogens is 3. The number of alkyl halides is 3. The van der Waals surface area contributed by atoms with Gasteiger partial charge in [0.15, 0.2) is 6.10 Å². The molecular weight excluding hydrogens is 271 g/mol. The zero-order valence-corrected chi connectivity index (χ0v) is 11.2. The van der Waals surface area contributed by atoms with Gasteiger partial charge in [0.1, 0.15) is 0 Å². The third-order valence-electron chi connectivity index (χ3n) is 5.35. The number of nitrogens with one attached hydrogen (secondary N) is 1. The van der Waals surface area contributed by atoms with E-state index in [1.165, 1.54) is 19.3 Å². The minimum Gasteiger partial charge on any atom is -0.382 e. The molecule has 0 spiro atoms. The number of aliphatic hydroxyl groups is 1. The van der Waals surface area contributed by atoms with Crippen molar-refractivity contribution in [2.75, 3.05) is 6.54 Å². The second-order valence-electron chi connectivity index (χ2n) is 6.97. The van der Waals surface area contributed by atoms with Crippen molar-refractivity contribution in [1.29, 1.82) is 0 Å². The Morgan fingerprint density at radius 3 is 2.00 bits per heavy atom. The quantitative estimate of drug-likeness (QED) is 0.838. The summed E-state index contributed by atoms with van der Waals surface area (Å²) in [5, 5.41) is 11.3. The number of rotatable bonds is 3. The van der Waals surface area contributed by atoms with Crippen LogP contribution in [0.3, 0.4) is 0 Å². The molecular formula is C14H20F3NO2. The van der Waals surface area contributed by atoms with E-state index in [0.29, 0.717) is 17.8 Å². The minimum absolute atomic E-state index is 0.278. The highest BCUT2D eigenvalue weighted by molar-refractivity contribution is 5.83. The molecule has 0 aliphatic heterocycles. The van der Waals surface area contributed by atoms with Gasteiger partial charge in [-0.1, -0.05) is 0 Å². The van der Waals surface area contributed by atoms with Gasteiger partial charge in [0.25, 0.3) is 0 Å². The lowest BCUT2D eigenvalue weighted by molar-refractivity contribution is -0.202.